The molecule has 1 aromatic carbocycles. The molecule has 0 aliphatic carbocycles. The van der Waals surface area contributed by atoms with Gasteiger partial charge in [-0.3, -0.25) is 4.90 Å². The topological polar surface area (TPSA) is 30.3 Å². The fraction of sp³-hybridized carbons (Fsp3) is 0.500. The molecule has 0 saturated carbocycles. The van der Waals surface area contributed by atoms with Crippen molar-refractivity contribution in [1.29, 1.82) is 0 Å². The number of thioether (sulfide) groups is 1. The van der Waals surface area contributed by atoms with Gasteiger partial charge in [-0.15, -0.1) is 11.8 Å². The molecule has 4 nitrogen and oxygen atoms in total. The van der Waals surface area contributed by atoms with Gasteiger partial charge in [0.25, 0.3) is 5.92 Å². The first-order valence-electron chi connectivity index (χ1n) is 10.4. The zero-order valence-corrected chi connectivity index (χ0v) is 18.6. The van der Waals surface area contributed by atoms with Gasteiger partial charge in [0.1, 0.15) is 18.1 Å². The lowest BCUT2D eigenvalue weighted by atomic mass is 9.77. The van der Waals surface area contributed by atoms with Gasteiger partial charge in [0.2, 0.25) is 0 Å². The molecule has 166 valence electrons. The summed E-state index contributed by atoms with van der Waals surface area (Å²) in [5, 5.41) is 4.12. The van der Waals surface area contributed by atoms with Crippen LogP contribution in [0.3, 0.4) is 0 Å². The maximum Gasteiger partial charge on any atom is 0.278 e. The predicted molar refractivity (Wildman–Crippen MR) is 115 cm³/mol. The van der Waals surface area contributed by atoms with Crippen LogP contribution in [-0.2, 0) is 11.3 Å². The van der Waals surface area contributed by atoms with E-state index in [1.165, 1.54) is 23.9 Å². The average Bonchev–Trinajstić information content (AvgIpc) is 3.31. The van der Waals surface area contributed by atoms with Gasteiger partial charge >= 0.3 is 0 Å². The highest BCUT2D eigenvalue weighted by molar-refractivity contribution is 8.05. The molecule has 31 heavy (non-hydrogen) atoms. The Kier molecular flexibility index (Phi) is 5.40. The minimum absolute atomic E-state index is 0.321. The van der Waals surface area contributed by atoms with Crippen LogP contribution < -0.4 is 0 Å². The highest BCUT2D eigenvalue weighted by Crippen LogP contribution is 2.56. The number of alkyl halides is 2. The molecule has 0 N–H and O–H groups in total. The van der Waals surface area contributed by atoms with Gasteiger partial charge in [0.15, 0.2) is 0 Å². The number of aryl methyl sites for hydroxylation is 1. The lowest BCUT2D eigenvalue weighted by molar-refractivity contribution is -0.215. The van der Waals surface area contributed by atoms with Gasteiger partial charge in [0, 0.05) is 31.4 Å². The predicted octanol–water partition coefficient (Wildman–Crippen LogP) is 5.13. The standard InChI is InChI=1S/C22H23ClF3N3OS/c1-14-15(12-29(27-14)18-5-3-2-4-17(18)24)11-28-8-6-21(7-9-28)20-16(10-19(23)31-20)22(25,26)13-30-21/h2-5,10,12,16,20H,6-9,11,13H2,1H3. The van der Waals surface area contributed by atoms with Gasteiger partial charge in [-0.05, 0) is 38.0 Å². The highest BCUT2D eigenvalue weighted by atomic mass is 35.5. The summed E-state index contributed by atoms with van der Waals surface area (Å²) in [5.41, 5.74) is 1.71. The van der Waals surface area contributed by atoms with Gasteiger partial charge in [0.05, 0.1) is 26.8 Å². The average molecular weight is 470 g/mol. The molecule has 0 amide bonds. The third kappa shape index (κ3) is 3.81. The summed E-state index contributed by atoms with van der Waals surface area (Å²) in [4.78, 5) is 2.28. The molecule has 2 unspecified atom stereocenters. The molecule has 2 aromatic rings. The van der Waals surface area contributed by atoms with E-state index in [-0.39, 0.29) is 11.1 Å². The van der Waals surface area contributed by atoms with E-state index in [4.69, 9.17) is 16.3 Å². The fourth-order valence-electron chi connectivity index (χ4n) is 4.83. The lowest BCUT2D eigenvalue weighted by Crippen LogP contribution is -2.61. The Hall–Kier alpha value is -1.48. The van der Waals surface area contributed by atoms with E-state index in [0.717, 1.165) is 24.3 Å². The van der Waals surface area contributed by atoms with E-state index in [0.29, 0.717) is 29.4 Å². The van der Waals surface area contributed by atoms with Crippen molar-refractivity contribution in [2.45, 2.75) is 43.1 Å². The summed E-state index contributed by atoms with van der Waals surface area (Å²) in [6.45, 7) is 3.50. The molecule has 1 aromatic heterocycles. The molecular weight excluding hydrogens is 447 g/mol. The van der Waals surface area contributed by atoms with Crippen molar-refractivity contribution >= 4 is 23.4 Å². The summed E-state index contributed by atoms with van der Waals surface area (Å²) in [6.07, 6.45) is 4.72. The number of hydrogen-bond acceptors (Lipinski definition) is 4. The van der Waals surface area contributed by atoms with Crippen LogP contribution in [0, 0.1) is 18.7 Å². The first-order chi connectivity index (χ1) is 14.8. The van der Waals surface area contributed by atoms with Crippen molar-refractivity contribution < 1.29 is 17.9 Å². The quantitative estimate of drug-likeness (QED) is 0.623. The number of halogens is 4. The molecule has 1 spiro atoms. The van der Waals surface area contributed by atoms with E-state index < -0.39 is 24.0 Å². The van der Waals surface area contributed by atoms with E-state index in [9.17, 15) is 13.2 Å². The number of aromatic nitrogens is 2. The third-order valence-electron chi connectivity index (χ3n) is 6.63. The Morgan fingerprint density at radius 3 is 2.74 bits per heavy atom. The smallest absolute Gasteiger partial charge is 0.278 e. The van der Waals surface area contributed by atoms with Crippen LogP contribution in [0.2, 0.25) is 0 Å². The van der Waals surface area contributed by atoms with Crippen molar-refractivity contribution in [1.82, 2.24) is 14.7 Å². The van der Waals surface area contributed by atoms with Crippen LogP contribution in [0.25, 0.3) is 5.69 Å². The number of benzene rings is 1. The van der Waals surface area contributed by atoms with Gasteiger partial charge in [-0.25, -0.2) is 17.9 Å². The number of nitrogens with zero attached hydrogens (tertiary/aromatic N) is 3. The minimum Gasteiger partial charge on any atom is -0.367 e. The van der Waals surface area contributed by atoms with Crippen LogP contribution in [0.5, 0.6) is 0 Å². The van der Waals surface area contributed by atoms with Gasteiger partial charge < -0.3 is 4.74 Å². The monoisotopic (exact) mass is 469 g/mol. The zero-order chi connectivity index (χ0) is 21.8. The molecule has 2 atom stereocenters. The number of para-hydroxylation sites is 1. The lowest BCUT2D eigenvalue weighted by Gasteiger charge is -2.51. The second-order valence-electron chi connectivity index (χ2n) is 8.56. The highest BCUT2D eigenvalue weighted by Gasteiger charge is 2.60. The van der Waals surface area contributed by atoms with E-state index in [1.54, 1.807) is 22.9 Å². The first-order valence-corrected chi connectivity index (χ1v) is 11.6. The SMILES string of the molecule is Cc1nn(-c2ccccc2F)cc1CN1CCC2(CC1)OCC(F)(F)C1C=C(Cl)SC12. The van der Waals surface area contributed by atoms with Crippen LogP contribution in [0.4, 0.5) is 13.2 Å². The molecular formula is C22H23ClF3N3OS. The largest absolute Gasteiger partial charge is 0.367 e. The van der Waals surface area contributed by atoms with Crippen molar-refractivity contribution in [2.75, 3.05) is 19.7 Å². The maximum atomic E-state index is 14.4. The summed E-state index contributed by atoms with van der Waals surface area (Å²) >= 11 is 7.44. The van der Waals surface area contributed by atoms with Crippen molar-refractivity contribution in [3.8, 4) is 5.69 Å². The Balaban J connectivity index is 1.28. The summed E-state index contributed by atoms with van der Waals surface area (Å²) in [6, 6.07) is 6.54. The van der Waals surface area contributed by atoms with Crippen molar-refractivity contribution in [3.05, 3.63) is 58.0 Å². The number of rotatable bonds is 3. The summed E-state index contributed by atoms with van der Waals surface area (Å²) in [7, 11) is 0. The van der Waals surface area contributed by atoms with Gasteiger partial charge in [-0.2, -0.15) is 5.10 Å². The molecule has 0 bridgehead atoms. The second kappa shape index (κ2) is 7.83. The normalized spacial score (nSPS) is 27.3. The number of allylic oxidation sites excluding steroid dienone is 1. The third-order valence-corrected chi connectivity index (χ3v) is 8.36. The minimum atomic E-state index is -2.88. The van der Waals surface area contributed by atoms with Gasteiger partial charge in [-0.1, -0.05) is 23.7 Å². The number of ether oxygens (including phenoxy) is 1. The Labute approximate surface area is 188 Å². The van der Waals surface area contributed by atoms with Crippen LogP contribution in [0.1, 0.15) is 24.1 Å². The molecule has 0 radical (unpaired) electrons. The number of hydrogen-bond donors (Lipinski definition) is 0. The molecule has 4 heterocycles. The number of fused-ring (bicyclic) bond motifs is 2. The maximum absolute atomic E-state index is 14.4. The number of likely N-dealkylation sites (tertiary alicyclic amines) is 1. The van der Waals surface area contributed by atoms with Crippen LogP contribution in [-0.4, -0.2) is 51.2 Å². The summed E-state index contributed by atoms with van der Waals surface area (Å²) < 4.78 is 50.7. The van der Waals surface area contributed by atoms with E-state index in [2.05, 4.69) is 10.00 Å². The molecule has 9 heteroatoms. The number of piperidine rings is 1. The van der Waals surface area contributed by atoms with Crippen LogP contribution >= 0.6 is 23.4 Å². The first kappa shape index (κ1) is 21.4. The van der Waals surface area contributed by atoms with E-state index >= 15 is 0 Å². The molecule has 2 saturated heterocycles. The Morgan fingerprint density at radius 2 is 2.00 bits per heavy atom. The Bertz CT molecular complexity index is 1020. The van der Waals surface area contributed by atoms with Crippen LogP contribution in [0.15, 0.2) is 40.9 Å². The Morgan fingerprint density at radius 1 is 1.26 bits per heavy atom. The molecule has 5 rings (SSSR count). The molecule has 3 aliphatic heterocycles. The fourth-order valence-corrected chi connectivity index (χ4v) is 6.66. The zero-order valence-electron chi connectivity index (χ0n) is 17.0. The van der Waals surface area contributed by atoms with Crippen molar-refractivity contribution in [3.63, 3.8) is 0 Å². The summed E-state index contributed by atoms with van der Waals surface area (Å²) in [5.74, 6) is -4.07. The van der Waals surface area contributed by atoms with Crippen molar-refractivity contribution in [2.24, 2.45) is 5.92 Å². The second-order valence-corrected chi connectivity index (χ2v) is 10.4. The molecule has 2 fully saturated rings. The van der Waals surface area contributed by atoms with E-state index in [1.807, 2.05) is 13.1 Å². The molecule has 3 aliphatic rings.